The average molecular weight is 273 g/mol. The summed E-state index contributed by atoms with van der Waals surface area (Å²) in [5.74, 6) is -0.453. The van der Waals surface area contributed by atoms with Crippen LogP contribution in [-0.2, 0) is 10.0 Å². The third kappa shape index (κ3) is 2.18. The zero-order valence-electron chi connectivity index (χ0n) is 9.59. The molecule has 1 aromatic rings. The van der Waals surface area contributed by atoms with Crippen molar-refractivity contribution in [3.8, 4) is 0 Å². The minimum Gasteiger partial charge on any atom is -0.229 e. The summed E-state index contributed by atoms with van der Waals surface area (Å²) in [5.41, 5.74) is 0.380. The van der Waals surface area contributed by atoms with Crippen molar-refractivity contribution < 1.29 is 17.2 Å². The summed E-state index contributed by atoms with van der Waals surface area (Å²) in [6.07, 6.45) is -0.0157. The Bertz CT molecular complexity index is 542. The zero-order chi connectivity index (χ0) is 13.3. The first-order chi connectivity index (χ1) is 8.46. The van der Waals surface area contributed by atoms with Gasteiger partial charge in [0.25, 0.3) is 0 Å². The lowest BCUT2D eigenvalue weighted by atomic mass is 10.1. The Morgan fingerprint density at radius 1 is 1.39 bits per heavy atom. The summed E-state index contributed by atoms with van der Waals surface area (Å²) in [4.78, 5) is 0. The molecule has 0 radical (unpaired) electrons. The molecule has 1 fully saturated rings. The van der Waals surface area contributed by atoms with Crippen LogP contribution in [0.1, 0.15) is 17.2 Å². The molecule has 0 amide bonds. The molecule has 1 aliphatic rings. The van der Waals surface area contributed by atoms with Crippen LogP contribution in [0.2, 0.25) is 0 Å². The van der Waals surface area contributed by atoms with Crippen LogP contribution in [-0.4, -0.2) is 25.6 Å². The maximum atomic E-state index is 13.2. The third-order valence-corrected chi connectivity index (χ3v) is 5.13. The number of sulfonamides is 1. The van der Waals surface area contributed by atoms with Crippen LogP contribution >= 0.6 is 0 Å². The smallest absolute Gasteiger partial charge is 0.227 e. The van der Waals surface area contributed by atoms with Gasteiger partial charge in [0.2, 0.25) is 10.0 Å². The van der Waals surface area contributed by atoms with Crippen molar-refractivity contribution in [1.29, 1.82) is 0 Å². The monoisotopic (exact) mass is 273 g/mol. The number of rotatable bonds is 4. The van der Waals surface area contributed by atoms with Gasteiger partial charge in [-0.05, 0) is 17.7 Å². The molecule has 0 bridgehead atoms. The van der Waals surface area contributed by atoms with Crippen LogP contribution in [0, 0.1) is 5.82 Å². The van der Waals surface area contributed by atoms with Gasteiger partial charge in [0.15, 0.2) is 6.30 Å². The first-order valence-electron chi connectivity index (χ1n) is 5.49. The van der Waals surface area contributed by atoms with E-state index in [0.29, 0.717) is 5.56 Å². The van der Waals surface area contributed by atoms with Gasteiger partial charge in [0.05, 0.1) is 0 Å². The topological polar surface area (TPSA) is 37.4 Å². The van der Waals surface area contributed by atoms with E-state index in [0.717, 1.165) is 4.31 Å². The lowest BCUT2D eigenvalue weighted by molar-refractivity contribution is 0.0692. The van der Waals surface area contributed by atoms with Crippen molar-refractivity contribution in [2.75, 3.05) is 6.54 Å². The quantitative estimate of drug-likeness (QED) is 0.624. The second kappa shape index (κ2) is 4.78. The molecule has 0 aliphatic carbocycles. The number of hydrogen-bond donors (Lipinski definition) is 0. The summed E-state index contributed by atoms with van der Waals surface area (Å²) in [6, 6.07) is 5.08. The molecule has 1 aliphatic heterocycles. The number of halogens is 2. The van der Waals surface area contributed by atoms with E-state index in [1.54, 1.807) is 0 Å². The molecule has 18 heavy (non-hydrogen) atoms. The molecule has 6 heteroatoms. The van der Waals surface area contributed by atoms with Gasteiger partial charge in [0.1, 0.15) is 11.1 Å². The van der Waals surface area contributed by atoms with E-state index in [1.807, 2.05) is 0 Å². The first kappa shape index (κ1) is 13.2. The number of benzene rings is 1. The molecular formula is C12H13F2NO2S. The van der Waals surface area contributed by atoms with Gasteiger partial charge in [-0.3, -0.25) is 0 Å². The van der Waals surface area contributed by atoms with Crippen molar-refractivity contribution >= 4 is 10.0 Å². The van der Waals surface area contributed by atoms with E-state index in [2.05, 4.69) is 6.58 Å². The maximum Gasteiger partial charge on any atom is 0.227 e. The fourth-order valence-electron chi connectivity index (χ4n) is 1.85. The van der Waals surface area contributed by atoms with Crippen LogP contribution in [0.3, 0.4) is 0 Å². The molecular weight excluding hydrogens is 260 g/mol. The molecule has 0 spiro atoms. The van der Waals surface area contributed by atoms with E-state index in [4.69, 9.17) is 0 Å². The highest BCUT2D eigenvalue weighted by Gasteiger charge is 2.41. The van der Waals surface area contributed by atoms with E-state index in [9.17, 15) is 17.2 Å². The summed E-state index contributed by atoms with van der Waals surface area (Å²) in [7, 11) is -3.81. The van der Waals surface area contributed by atoms with Crippen molar-refractivity contribution in [2.45, 2.75) is 18.0 Å². The van der Waals surface area contributed by atoms with Crippen LogP contribution in [0.4, 0.5) is 8.78 Å². The second-order valence-corrected chi connectivity index (χ2v) is 6.09. The van der Waals surface area contributed by atoms with Gasteiger partial charge in [-0.15, -0.1) is 6.58 Å². The predicted molar refractivity (Wildman–Crippen MR) is 64.5 cm³/mol. The average Bonchev–Trinajstić information content (AvgIpc) is 2.29. The van der Waals surface area contributed by atoms with Crippen LogP contribution < -0.4 is 0 Å². The second-order valence-electron chi connectivity index (χ2n) is 4.09. The van der Waals surface area contributed by atoms with Gasteiger partial charge in [-0.1, -0.05) is 18.2 Å². The fourth-order valence-corrected chi connectivity index (χ4v) is 3.67. The molecule has 1 saturated heterocycles. The standard InChI is InChI=1S/C12H13F2NO2S/c1-2-11(9-3-5-10(13)6-4-9)18(16,17)15-8-7-12(15)14/h2-6,11-12H,1,7-8H2. The SMILES string of the molecule is C=CC(c1ccc(F)cc1)S(=O)(=O)N1CCC1F. The molecule has 2 unspecified atom stereocenters. The minimum atomic E-state index is -3.81. The van der Waals surface area contributed by atoms with E-state index < -0.39 is 27.4 Å². The number of hydrogen-bond acceptors (Lipinski definition) is 2. The van der Waals surface area contributed by atoms with Gasteiger partial charge in [-0.25, -0.2) is 17.2 Å². The van der Waals surface area contributed by atoms with Gasteiger partial charge in [-0.2, -0.15) is 4.31 Å². The fraction of sp³-hybridized carbons (Fsp3) is 0.333. The summed E-state index contributed by atoms with van der Waals surface area (Å²) >= 11 is 0. The van der Waals surface area contributed by atoms with Gasteiger partial charge >= 0.3 is 0 Å². The Hall–Kier alpha value is -1.27. The Labute approximate surface area is 105 Å². The van der Waals surface area contributed by atoms with E-state index in [-0.39, 0.29) is 13.0 Å². The Kier molecular flexibility index (Phi) is 3.49. The van der Waals surface area contributed by atoms with Crippen LogP contribution in [0.5, 0.6) is 0 Å². The molecule has 0 saturated carbocycles. The molecule has 1 heterocycles. The first-order valence-corrected chi connectivity index (χ1v) is 7.00. The predicted octanol–water partition coefficient (Wildman–Crippen LogP) is 2.38. The normalized spacial score (nSPS) is 22.2. The molecule has 0 N–H and O–H groups in total. The largest absolute Gasteiger partial charge is 0.229 e. The molecule has 98 valence electrons. The lowest BCUT2D eigenvalue weighted by Gasteiger charge is -2.36. The molecule has 2 atom stereocenters. The van der Waals surface area contributed by atoms with Crippen molar-refractivity contribution in [3.05, 3.63) is 48.3 Å². The zero-order valence-corrected chi connectivity index (χ0v) is 10.4. The highest BCUT2D eigenvalue weighted by Crippen LogP contribution is 2.33. The van der Waals surface area contributed by atoms with Crippen LogP contribution in [0.25, 0.3) is 0 Å². The molecule has 1 aromatic carbocycles. The van der Waals surface area contributed by atoms with Crippen molar-refractivity contribution in [2.24, 2.45) is 0 Å². The third-order valence-electron chi connectivity index (χ3n) is 2.96. The van der Waals surface area contributed by atoms with Crippen molar-refractivity contribution in [3.63, 3.8) is 0 Å². The van der Waals surface area contributed by atoms with Crippen LogP contribution in [0.15, 0.2) is 36.9 Å². The Balaban J connectivity index is 2.33. The van der Waals surface area contributed by atoms with Crippen molar-refractivity contribution in [1.82, 2.24) is 4.31 Å². The van der Waals surface area contributed by atoms with E-state index in [1.165, 1.54) is 30.3 Å². The summed E-state index contributed by atoms with van der Waals surface area (Å²) < 4.78 is 51.1. The Morgan fingerprint density at radius 2 is 2.00 bits per heavy atom. The maximum absolute atomic E-state index is 13.2. The minimum absolute atomic E-state index is 0.176. The molecule has 2 rings (SSSR count). The van der Waals surface area contributed by atoms with Gasteiger partial charge in [0, 0.05) is 13.0 Å². The highest BCUT2D eigenvalue weighted by atomic mass is 32.2. The van der Waals surface area contributed by atoms with Gasteiger partial charge < -0.3 is 0 Å². The summed E-state index contributed by atoms with van der Waals surface area (Å²) in [5, 5.41) is -1.04. The Morgan fingerprint density at radius 3 is 2.39 bits per heavy atom. The summed E-state index contributed by atoms with van der Waals surface area (Å²) in [6.45, 7) is 3.65. The molecule has 3 nitrogen and oxygen atoms in total. The number of nitrogens with zero attached hydrogens (tertiary/aromatic N) is 1. The van der Waals surface area contributed by atoms with E-state index >= 15 is 0 Å². The lowest BCUT2D eigenvalue weighted by Crippen LogP contribution is -2.49. The highest BCUT2D eigenvalue weighted by molar-refractivity contribution is 7.89. The number of alkyl halides is 1. The molecule has 0 aromatic heterocycles.